The van der Waals surface area contributed by atoms with Gasteiger partial charge < -0.3 is 16.0 Å². The van der Waals surface area contributed by atoms with Gasteiger partial charge in [0, 0.05) is 47.2 Å². The lowest BCUT2D eigenvalue weighted by Gasteiger charge is -2.26. The third kappa shape index (κ3) is 4.59. The summed E-state index contributed by atoms with van der Waals surface area (Å²) in [7, 11) is 4.36. The van der Waals surface area contributed by atoms with Crippen LogP contribution in [0, 0.1) is 0 Å². The van der Waals surface area contributed by atoms with Crippen LogP contribution in [0.3, 0.4) is 0 Å². The highest BCUT2D eigenvalue weighted by Gasteiger charge is 2.42. The maximum absolute atomic E-state index is 6.43. The van der Waals surface area contributed by atoms with Gasteiger partial charge in [-0.2, -0.15) is 4.58 Å². The Morgan fingerprint density at radius 2 is 1.50 bits per heavy atom. The highest BCUT2D eigenvalue weighted by molar-refractivity contribution is 6.03. The summed E-state index contributed by atoms with van der Waals surface area (Å²) in [6.07, 6.45) is 12.5. The second kappa shape index (κ2) is 10.5. The van der Waals surface area contributed by atoms with E-state index in [1.54, 1.807) is 0 Å². The van der Waals surface area contributed by atoms with Gasteiger partial charge in [-0.15, -0.1) is 0 Å². The Labute approximate surface area is 251 Å². The van der Waals surface area contributed by atoms with Crippen molar-refractivity contribution in [2.24, 2.45) is 0 Å². The summed E-state index contributed by atoms with van der Waals surface area (Å²) in [5, 5.41) is 3.77. The van der Waals surface area contributed by atoms with Crippen molar-refractivity contribution >= 4 is 28.5 Å². The summed E-state index contributed by atoms with van der Waals surface area (Å²) in [6, 6.07) is 25.5. The molecule has 3 aromatic rings. The lowest BCUT2D eigenvalue weighted by molar-refractivity contribution is -0.401. The fourth-order valence-electron chi connectivity index (χ4n) is 7.13. The number of anilines is 3. The highest BCUT2D eigenvalue weighted by atomic mass is 15.2. The molecule has 0 atom stereocenters. The number of likely N-dealkylation sites (N-methyl/N-ethyl adjacent to an activating group) is 1. The van der Waals surface area contributed by atoms with Gasteiger partial charge in [0.05, 0.1) is 16.8 Å². The van der Waals surface area contributed by atoms with Gasteiger partial charge in [0.15, 0.2) is 5.71 Å². The van der Waals surface area contributed by atoms with Gasteiger partial charge in [0.2, 0.25) is 5.69 Å². The number of hydrogen-bond donors (Lipinski definition) is 2. The summed E-state index contributed by atoms with van der Waals surface area (Å²) in [5.41, 5.74) is 19.7. The zero-order valence-electron chi connectivity index (χ0n) is 25.8. The number of fused-ring (bicyclic) bond motifs is 2. The van der Waals surface area contributed by atoms with Crippen LogP contribution in [0.1, 0.15) is 58.1 Å². The number of rotatable bonds is 5. The van der Waals surface area contributed by atoms with E-state index < -0.39 is 0 Å². The standard InChI is InChI=1S/C38H42N4/c1-37(2)28-16-7-11-20-32(28)41(5)34(37)24-22-26-14-13-15-27(36(26)40-31-19-10-9-18-30(31)39)23-25-35-38(3,4)29-17-8-12-21-33(29)42(35)6/h7-12,16-25H,13-15,39H2,1-6H3/p+1/b26-22+,34-24+. The van der Waals surface area contributed by atoms with Crippen molar-refractivity contribution in [3.05, 3.63) is 131 Å². The van der Waals surface area contributed by atoms with Gasteiger partial charge in [-0.3, -0.25) is 0 Å². The molecule has 0 fully saturated rings. The predicted octanol–water partition coefficient (Wildman–Crippen LogP) is 8.62. The number of hydrogen-bond acceptors (Lipinski definition) is 3. The van der Waals surface area contributed by atoms with E-state index in [4.69, 9.17) is 5.73 Å². The number of nitrogens with one attached hydrogen (secondary N) is 1. The molecule has 214 valence electrons. The molecule has 4 nitrogen and oxygen atoms in total. The van der Waals surface area contributed by atoms with Gasteiger partial charge in [0.1, 0.15) is 7.05 Å². The zero-order chi connectivity index (χ0) is 29.6. The van der Waals surface area contributed by atoms with Crippen LogP contribution in [0.2, 0.25) is 0 Å². The number of allylic oxidation sites excluding steroid dienone is 7. The largest absolute Gasteiger partial charge is 0.397 e. The normalized spacial score (nSPS) is 21.0. The summed E-state index contributed by atoms with van der Waals surface area (Å²) < 4.78 is 2.34. The first-order valence-corrected chi connectivity index (χ1v) is 15.1. The molecule has 0 saturated carbocycles. The van der Waals surface area contributed by atoms with Crippen molar-refractivity contribution in [1.29, 1.82) is 0 Å². The lowest BCUT2D eigenvalue weighted by atomic mass is 9.81. The molecule has 42 heavy (non-hydrogen) atoms. The van der Waals surface area contributed by atoms with Crippen LogP contribution in [0.15, 0.2) is 120 Å². The molecule has 0 spiro atoms. The molecule has 2 heterocycles. The number of benzene rings is 3. The van der Waals surface area contributed by atoms with Crippen LogP contribution < -0.4 is 16.0 Å². The minimum absolute atomic E-state index is 0.0642. The minimum atomic E-state index is -0.0642. The van der Waals surface area contributed by atoms with Gasteiger partial charge in [-0.25, -0.2) is 0 Å². The van der Waals surface area contributed by atoms with Crippen LogP contribution in [0.5, 0.6) is 0 Å². The van der Waals surface area contributed by atoms with Crippen molar-refractivity contribution in [2.45, 2.75) is 57.8 Å². The first kappa shape index (κ1) is 27.8. The minimum Gasteiger partial charge on any atom is -0.397 e. The Balaban J connectivity index is 1.43. The van der Waals surface area contributed by atoms with Gasteiger partial charge >= 0.3 is 0 Å². The highest BCUT2D eigenvalue weighted by Crippen LogP contribution is 2.47. The first-order chi connectivity index (χ1) is 20.1. The molecule has 0 bridgehead atoms. The van der Waals surface area contributed by atoms with Crippen molar-refractivity contribution in [3.8, 4) is 0 Å². The van der Waals surface area contributed by atoms with Crippen molar-refractivity contribution in [3.63, 3.8) is 0 Å². The van der Waals surface area contributed by atoms with E-state index in [0.29, 0.717) is 0 Å². The fraction of sp³-hybridized carbons (Fsp3) is 0.289. The summed E-state index contributed by atoms with van der Waals surface area (Å²) in [4.78, 5) is 2.34. The maximum atomic E-state index is 6.43. The van der Waals surface area contributed by atoms with E-state index >= 15 is 0 Å². The topological polar surface area (TPSA) is 44.3 Å². The Morgan fingerprint density at radius 1 is 0.810 bits per heavy atom. The molecule has 2 aliphatic heterocycles. The average Bonchev–Trinajstić information content (AvgIpc) is 3.30. The molecular weight excluding hydrogens is 512 g/mol. The number of nitrogens with zero attached hydrogens (tertiary/aromatic N) is 2. The smallest absolute Gasteiger partial charge is 0.209 e. The predicted molar refractivity (Wildman–Crippen MR) is 179 cm³/mol. The quantitative estimate of drug-likeness (QED) is 0.245. The Kier molecular flexibility index (Phi) is 6.97. The number of nitrogens with two attached hydrogens (primary N) is 1. The first-order valence-electron chi connectivity index (χ1n) is 15.1. The number of nitrogen functional groups attached to an aromatic ring is 1. The average molecular weight is 556 g/mol. The molecule has 0 aromatic heterocycles. The molecule has 4 heteroatoms. The molecule has 6 rings (SSSR count). The van der Waals surface area contributed by atoms with E-state index in [9.17, 15) is 0 Å². The van der Waals surface area contributed by atoms with Crippen molar-refractivity contribution in [1.82, 2.24) is 0 Å². The molecule has 0 saturated heterocycles. The van der Waals surface area contributed by atoms with E-state index in [1.807, 2.05) is 18.2 Å². The molecule has 1 aliphatic carbocycles. The Morgan fingerprint density at radius 3 is 2.24 bits per heavy atom. The van der Waals surface area contributed by atoms with E-state index in [0.717, 1.165) is 30.6 Å². The van der Waals surface area contributed by atoms with E-state index in [-0.39, 0.29) is 10.8 Å². The molecule has 3 aromatic carbocycles. The molecule has 0 radical (unpaired) electrons. The fourth-order valence-corrected chi connectivity index (χ4v) is 7.13. The van der Waals surface area contributed by atoms with Crippen molar-refractivity contribution in [2.75, 3.05) is 30.0 Å². The molecule has 3 N–H and O–H groups in total. The van der Waals surface area contributed by atoms with Gasteiger partial charge in [0.25, 0.3) is 0 Å². The second-order valence-electron chi connectivity index (χ2n) is 12.8. The summed E-state index contributed by atoms with van der Waals surface area (Å²) in [5.74, 6) is 0. The van der Waals surface area contributed by atoms with Crippen LogP contribution in [-0.2, 0) is 10.8 Å². The molecule has 0 amide bonds. The monoisotopic (exact) mass is 555 g/mol. The molecule has 0 unspecified atom stereocenters. The zero-order valence-corrected chi connectivity index (χ0v) is 25.8. The second-order valence-corrected chi connectivity index (χ2v) is 12.8. The van der Waals surface area contributed by atoms with Crippen LogP contribution in [0.4, 0.5) is 22.7 Å². The third-order valence-electron chi connectivity index (χ3n) is 9.52. The van der Waals surface area contributed by atoms with Crippen LogP contribution in [0.25, 0.3) is 0 Å². The third-order valence-corrected chi connectivity index (χ3v) is 9.52. The van der Waals surface area contributed by atoms with Crippen LogP contribution in [-0.4, -0.2) is 24.4 Å². The van der Waals surface area contributed by atoms with Crippen molar-refractivity contribution < 1.29 is 4.58 Å². The molecular formula is C38H43N4+. The van der Waals surface area contributed by atoms with Crippen LogP contribution >= 0.6 is 0 Å². The van der Waals surface area contributed by atoms with Gasteiger partial charge in [-0.05, 0) is 74.1 Å². The van der Waals surface area contributed by atoms with E-state index in [1.165, 1.54) is 50.8 Å². The summed E-state index contributed by atoms with van der Waals surface area (Å²) in [6.45, 7) is 9.29. The maximum Gasteiger partial charge on any atom is 0.209 e. The van der Waals surface area contributed by atoms with E-state index in [2.05, 4.69) is 135 Å². The Hall–Kier alpha value is -4.31. The SMILES string of the molecule is CN1/C(=C/C=C2\CCCC(/C=C/C3=[N+](C)c4ccccc4C3(C)C)=C2Nc2ccccc2N)C(C)(C)c2ccccc21. The Bertz CT molecular complexity index is 1710. The molecule has 3 aliphatic rings. The summed E-state index contributed by atoms with van der Waals surface area (Å²) >= 11 is 0. The lowest BCUT2D eigenvalue weighted by Crippen LogP contribution is -2.26. The van der Waals surface area contributed by atoms with Gasteiger partial charge in [-0.1, -0.05) is 74.5 Å². The number of para-hydroxylation sites is 4.